The number of alkyl halides is 2. The van der Waals surface area contributed by atoms with Gasteiger partial charge in [-0.3, -0.25) is 4.79 Å². The van der Waals surface area contributed by atoms with Crippen molar-refractivity contribution in [1.82, 2.24) is 5.32 Å². The molecule has 0 aromatic carbocycles. The zero-order chi connectivity index (χ0) is 10.3. The van der Waals surface area contributed by atoms with Gasteiger partial charge in [-0.1, -0.05) is 13.8 Å². The Morgan fingerprint density at radius 3 is 2.38 bits per heavy atom. The lowest BCUT2D eigenvalue weighted by Crippen LogP contribution is -2.39. The Hall–Kier alpha value is -0.670. The summed E-state index contributed by atoms with van der Waals surface area (Å²) in [5.74, 6) is -4.06. The predicted octanol–water partition coefficient (Wildman–Crippen LogP) is 1.80. The number of carbonyl (C=O) groups excluding carboxylic acids is 1. The van der Waals surface area contributed by atoms with Gasteiger partial charge < -0.3 is 5.32 Å². The molecule has 1 N–H and O–H groups in total. The summed E-state index contributed by atoms with van der Waals surface area (Å²) >= 11 is 0. The van der Waals surface area contributed by atoms with Crippen molar-refractivity contribution < 1.29 is 13.6 Å². The van der Waals surface area contributed by atoms with Crippen molar-refractivity contribution in [1.29, 1.82) is 0 Å². The molecule has 0 radical (unpaired) electrons. The van der Waals surface area contributed by atoms with E-state index in [0.29, 0.717) is 19.4 Å². The molecular formula is C9H15F2NO. The number of hydrogen-bond donors (Lipinski definition) is 1. The van der Waals surface area contributed by atoms with Crippen LogP contribution in [0.5, 0.6) is 0 Å². The summed E-state index contributed by atoms with van der Waals surface area (Å²) in [5.41, 5.74) is 0.219. The fourth-order valence-electron chi connectivity index (χ4n) is 1.30. The van der Waals surface area contributed by atoms with Crippen LogP contribution in [0.4, 0.5) is 8.78 Å². The van der Waals surface area contributed by atoms with Crippen molar-refractivity contribution in [3.8, 4) is 0 Å². The Bertz CT molecular complexity index is 220. The van der Waals surface area contributed by atoms with Gasteiger partial charge in [-0.15, -0.1) is 0 Å². The van der Waals surface area contributed by atoms with Gasteiger partial charge in [0.05, 0.1) is 0 Å². The zero-order valence-corrected chi connectivity index (χ0v) is 8.16. The second-order valence-electron chi connectivity index (χ2n) is 4.49. The molecule has 0 aromatic heterocycles. The highest BCUT2D eigenvalue weighted by Crippen LogP contribution is 2.50. The molecule has 1 unspecified atom stereocenters. The van der Waals surface area contributed by atoms with E-state index in [2.05, 4.69) is 19.2 Å². The van der Waals surface area contributed by atoms with Gasteiger partial charge in [0.25, 0.3) is 5.91 Å². The molecule has 1 aliphatic carbocycles. The van der Waals surface area contributed by atoms with E-state index in [4.69, 9.17) is 0 Å². The summed E-state index contributed by atoms with van der Waals surface area (Å²) in [7, 11) is 0. The lowest BCUT2D eigenvalue weighted by atomic mass is 10.1. The first-order valence-electron chi connectivity index (χ1n) is 4.39. The largest absolute Gasteiger partial charge is 0.351 e. The molecule has 2 nitrogen and oxygen atoms in total. The van der Waals surface area contributed by atoms with Gasteiger partial charge >= 0.3 is 5.92 Å². The lowest BCUT2D eigenvalue weighted by Gasteiger charge is -2.11. The molecule has 0 aromatic rings. The fraction of sp³-hybridized carbons (Fsp3) is 0.889. The van der Waals surface area contributed by atoms with Gasteiger partial charge in [-0.05, 0) is 17.8 Å². The standard InChI is InChI=1S/C9H15F2NO/c1-8(2)4-6(8)5-12-7(13)9(3,10)11/h6H,4-5H2,1-3H3,(H,12,13). The average molecular weight is 191 g/mol. The summed E-state index contributed by atoms with van der Waals surface area (Å²) in [6.45, 7) is 5.11. The molecule has 1 amide bonds. The minimum Gasteiger partial charge on any atom is -0.351 e. The highest BCUT2D eigenvalue weighted by Gasteiger charge is 2.46. The Morgan fingerprint density at radius 1 is 1.62 bits per heavy atom. The van der Waals surface area contributed by atoms with Gasteiger partial charge in [-0.25, -0.2) is 0 Å². The van der Waals surface area contributed by atoms with Crippen LogP contribution < -0.4 is 5.32 Å². The molecular weight excluding hydrogens is 176 g/mol. The van der Waals surface area contributed by atoms with Crippen molar-refractivity contribution in [3.63, 3.8) is 0 Å². The van der Waals surface area contributed by atoms with Crippen LogP contribution in [0.3, 0.4) is 0 Å². The van der Waals surface area contributed by atoms with Crippen molar-refractivity contribution in [3.05, 3.63) is 0 Å². The van der Waals surface area contributed by atoms with Gasteiger partial charge in [0.1, 0.15) is 0 Å². The van der Waals surface area contributed by atoms with E-state index < -0.39 is 11.8 Å². The van der Waals surface area contributed by atoms with Crippen LogP contribution in [0.15, 0.2) is 0 Å². The van der Waals surface area contributed by atoms with E-state index in [0.717, 1.165) is 6.42 Å². The third kappa shape index (κ3) is 2.64. The third-order valence-corrected chi connectivity index (χ3v) is 2.63. The van der Waals surface area contributed by atoms with E-state index >= 15 is 0 Å². The molecule has 0 saturated heterocycles. The first-order chi connectivity index (χ1) is 5.73. The number of halogens is 2. The maximum atomic E-state index is 12.4. The highest BCUT2D eigenvalue weighted by atomic mass is 19.3. The molecule has 0 heterocycles. The second kappa shape index (κ2) is 2.93. The molecule has 0 aliphatic heterocycles. The monoisotopic (exact) mass is 191 g/mol. The predicted molar refractivity (Wildman–Crippen MR) is 45.5 cm³/mol. The molecule has 1 rings (SSSR count). The molecule has 0 spiro atoms. The van der Waals surface area contributed by atoms with E-state index in [1.807, 2.05) is 0 Å². The maximum Gasteiger partial charge on any atom is 0.321 e. The molecule has 1 aliphatic rings. The minimum atomic E-state index is -3.25. The Labute approximate surface area is 76.7 Å². The lowest BCUT2D eigenvalue weighted by molar-refractivity contribution is -0.143. The quantitative estimate of drug-likeness (QED) is 0.724. The van der Waals surface area contributed by atoms with Crippen LogP contribution in [-0.2, 0) is 4.79 Å². The van der Waals surface area contributed by atoms with Crippen molar-refractivity contribution in [2.45, 2.75) is 33.1 Å². The van der Waals surface area contributed by atoms with Crippen molar-refractivity contribution in [2.24, 2.45) is 11.3 Å². The molecule has 1 atom stereocenters. The van der Waals surface area contributed by atoms with Crippen LogP contribution in [0, 0.1) is 11.3 Å². The molecule has 4 heteroatoms. The van der Waals surface area contributed by atoms with Gasteiger partial charge in [0.15, 0.2) is 0 Å². The van der Waals surface area contributed by atoms with E-state index in [1.165, 1.54) is 0 Å². The summed E-state index contributed by atoms with van der Waals surface area (Å²) in [4.78, 5) is 10.7. The highest BCUT2D eigenvalue weighted by molar-refractivity contribution is 5.82. The number of rotatable bonds is 3. The summed E-state index contributed by atoms with van der Waals surface area (Å²) in [6, 6.07) is 0. The SMILES string of the molecule is CC(F)(F)C(=O)NCC1CC1(C)C. The number of amides is 1. The topological polar surface area (TPSA) is 29.1 Å². The molecule has 1 fully saturated rings. The normalized spacial score (nSPS) is 25.5. The average Bonchev–Trinajstić information content (AvgIpc) is 2.52. The van der Waals surface area contributed by atoms with E-state index in [9.17, 15) is 13.6 Å². The first-order valence-corrected chi connectivity index (χ1v) is 4.39. The van der Waals surface area contributed by atoms with Crippen LogP contribution in [0.1, 0.15) is 27.2 Å². The second-order valence-corrected chi connectivity index (χ2v) is 4.49. The van der Waals surface area contributed by atoms with E-state index in [-0.39, 0.29) is 5.41 Å². The van der Waals surface area contributed by atoms with Crippen molar-refractivity contribution in [2.75, 3.05) is 6.54 Å². The smallest absolute Gasteiger partial charge is 0.321 e. The summed E-state index contributed by atoms with van der Waals surface area (Å²) in [6.07, 6.45) is 1.00. The van der Waals surface area contributed by atoms with Crippen LogP contribution in [0.25, 0.3) is 0 Å². The van der Waals surface area contributed by atoms with Gasteiger partial charge in [0, 0.05) is 13.5 Å². The number of hydrogen-bond acceptors (Lipinski definition) is 1. The maximum absolute atomic E-state index is 12.4. The van der Waals surface area contributed by atoms with Gasteiger partial charge in [0.2, 0.25) is 0 Å². The Kier molecular flexibility index (Phi) is 2.34. The van der Waals surface area contributed by atoms with Crippen LogP contribution in [0.2, 0.25) is 0 Å². The summed E-state index contributed by atoms with van der Waals surface area (Å²) in [5, 5.41) is 2.25. The summed E-state index contributed by atoms with van der Waals surface area (Å²) < 4.78 is 24.7. The fourth-order valence-corrected chi connectivity index (χ4v) is 1.30. The zero-order valence-electron chi connectivity index (χ0n) is 8.16. The molecule has 0 bridgehead atoms. The van der Waals surface area contributed by atoms with Crippen LogP contribution in [-0.4, -0.2) is 18.4 Å². The van der Waals surface area contributed by atoms with Crippen LogP contribution >= 0.6 is 0 Å². The molecule has 13 heavy (non-hydrogen) atoms. The minimum absolute atomic E-state index is 0.219. The number of nitrogens with one attached hydrogen (secondary N) is 1. The molecule has 1 saturated carbocycles. The van der Waals surface area contributed by atoms with Gasteiger partial charge in [-0.2, -0.15) is 8.78 Å². The molecule has 76 valence electrons. The van der Waals surface area contributed by atoms with Crippen molar-refractivity contribution >= 4 is 5.91 Å². The Morgan fingerprint density at radius 2 is 2.08 bits per heavy atom. The number of carbonyl (C=O) groups is 1. The first kappa shape index (κ1) is 10.4. The Balaban J connectivity index is 2.25. The van der Waals surface area contributed by atoms with E-state index in [1.54, 1.807) is 0 Å². The third-order valence-electron chi connectivity index (χ3n) is 2.63.